The molecule has 2 aromatic carbocycles. The molecule has 0 spiro atoms. The van der Waals surface area contributed by atoms with Crippen LogP contribution in [0.3, 0.4) is 0 Å². The zero-order valence-corrected chi connectivity index (χ0v) is 18.3. The minimum atomic E-state index is -6.48. The van der Waals surface area contributed by atoms with Gasteiger partial charge in [-0.1, -0.05) is 29.8 Å². The molecular weight excluding hydrogens is 572 g/mol. The number of hydrazone groups is 1. The van der Waals surface area contributed by atoms with Gasteiger partial charge < -0.3 is 9.47 Å². The van der Waals surface area contributed by atoms with E-state index in [0.717, 1.165) is 0 Å². The predicted molar refractivity (Wildman–Crippen MR) is 108 cm³/mol. The van der Waals surface area contributed by atoms with Crippen LogP contribution in [0.5, 0.6) is 11.5 Å². The average molecular weight is 585 g/mol. The first-order chi connectivity index (χ1) is 14.3. The molecular formula is C18H13ClF7IN2O2. The van der Waals surface area contributed by atoms with Crippen LogP contribution in [0.25, 0.3) is 0 Å². The van der Waals surface area contributed by atoms with Crippen molar-refractivity contribution in [1.82, 2.24) is 5.43 Å². The molecule has 2 aromatic rings. The van der Waals surface area contributed by atoms with Crippen molar-refractivity contribution in [2.45, 2.75) is 24.8 Å². The molecule has 0 aliphatic carbocycles. The number of benzene rings is 2. The van der Waals surface area contributed by atoms with Crippen LogP contribution in [-0.2, 0) is 6.61 Å². The summed E-state index contributed by atoms with van der Waals surface area (Å²) in [6, 6.07) is 3.88. The summed E-state index contributed by atoms with van der Waals surface area (Å²) < 4.78 is 101. The number of rotatable bonds is 8. The van der Waals surface area contributed by atoms with Crippen molar-refractivity contribution in [2.24, 2.45) is 5.10 Å². The Bertz CT molecular complexity index is 955. The third-order valence-corrected chi connectivity index (χ3v) is 4.75. The number of hydrogen-bond acceptors (Lipinski definition) is 4. The molecule has 170 valence electrons. The topological polar surface area (TPSA) is 42.8 Å². The van der Waals surface area contributed by atoms with Crippen LogP contribution in [0.1, 0.15) is 11.1 Å². The van der Waals surface area contributed by atoms with Gasteiger partial charge in [0.1, 0.15) is 6.61 Å². The molecule has 0 unspecified atom stereocenters. The first-order valence-electron chi connectivity index (χ1n) is 8.16. The molecule has 0 aliphatic rings. The Hall–Kier alpha value is -1.96. The van der Waals surface area contributed by atoms with Crippen molar-refractivity contribution in [2.75, 3.05) is 7.11 Å². The third kappa shape index (κ3) is 5.84. The van der Waals surface area contributed by atoms with Crippen molar-refractivity contribution in [3.05, 3.63) is 56.1 Å². The Morgan fingerprint density at radius 3 is 2.32 bits per heavy atom. The van der Waals surface area contributed by atoms with E-state index in [1.807, 2.05) is 22.6 Å². The second kappa shape index (κ2) is 9.67. The van der Waals surface area contributed by atoms with E-state index < -0.39 is 18.1 Å². The zero-order valence-electron chi connectivity index (χ0n) is 15.4. The smallest absolute Gasteiger partial charge is 0.462 e. The summed E-state index contributed by atoms with van der Waals surface area (Å²) in [4.78, 5) is 0. The van der Waals surface area contributed by atoms with Crippen molar-refractivity contribution in [3.63, 3.8) is 0 Å². The van der Waals surface area contributed by atoms with Gasteiger partial charge in [-0.25, -0.2) is 5.43 Å². The van der Waals surface area contributed by atoms with Crippen molar-refractivity contribution >= 4 is 40.4 Å². The fourth-order valence-electron chi connectivity index (χ4n) is 2.19. The highest BCUT2D eigenvalue weighted by Gasteiger charge is 2.73. The van der Waals surface area contributed by atoms with E-state index in [-0.39, 0.29) is 23.7 Å². The lowest BCUT2D eigenvalue weighted by molar-refractivity contribution is -0.361. The highest BCUT2D eigenvalue weighted by atomic mass is 127. The molecule has 4 nitrogen and oxygen atoms in total. The summed E-state index contributed by atoms with van der Waals surface area (Å²) in [7, 11) is 1.30. The molecule has 0 saturated heterocycles. The molecule has 0 atom stereocenters. The molecule has 0 aliphatic heterocycles. The summed E-state index contributed by atoms with van der Waals surface area (Å²) in [5, 5.41) is 3.26. The van der Waals surface area contributed by atoms with Crippen molar-refractivity contribution in [1.29, 1.82) is 0 Å². The maximum absolute atomic E-state index is 13.4. The molecule has 13 heteroatoms. The Kier molecular flexibility index (Phi) is 7.89. The van der Waals surface area contributed by atoms with Crippen LogP contribution in [0, 0.1) is 3.57 Å². The maximum Gasteiger partial charge on any atom is 0.462 e. The third-order valence-electron chi connectivity index (χ3n) is 3.76. The number of ether oxygens (including phenoxy) is 2. The molecule has 1 N–H and O–H groups in total. The Labute approximate surface area is 190 Å². The van der Waals surface area contributed by atoms with Gasteiger partial charge in [-0.2, -0.15) is 35.8 Å². The minimum absolute atomic E-state index is 0.0146. The van der Waals surface area contributed by atoms with Gasteiger partial charge in [0.05, 0.1) is 13.3 Å². The predicted octanol–water partition coefficient (Wildman–Crippen LogP) is 6.25. The number of hydrogen-bond donors (Lipinski definition) is 1. The second-order valence-corrected chi connectivity index (χ2v) is 7.58. The summed E-state index contributed by atoms with van der Waals surface area (Å²) in [6.07, 6.45) is -5.86. The normalized spacial score (nSPS) is 12.8. The zero-order chi connectivity index (χ0) is 23.4. The molecule has 31 heavy (non-hydrogen) atoms. The Balaban J connectivity index is 2.31. The van der Waals surface area contributed by atoms with Crippen molar-refractivity contribution < 1.29 is 40.2 Å². The number of methoxy groups -OCH3 is 1. The van der Waals surface area contributed by atoms with Crippen LogP contribution in [0.15, 0.2) is 41.5 Å². The van der Waals surface area contributed by atoms with Crippen LogP contribution >= 0.6 is 34.2 Å². The van der Waals surface area contributed by atoms with Gasteiger partial charge in [-0.05, 0) is 40.8 Å². The number of nitrogens with zero attached hydrogens (tertiary/aromatic N) is 1. The highest BCUT2D eigenvalue weighted by Crippen LogP contribution is 2.45. The van der Waals surface area contributed by atoms with E-state index in [1.54, 1.807) is 24.3 Å². The largest absolute Gasteiger partial charge is 0.493 e. The fourth-order valence-corrected chi connectivity index (χ4v) is 3.00. The van der Waals surface area contributed by atoms with E-state index in [2.05, 4.69) is 5.10 Å². The van der Waals surface area contributed by atoms with Gasteiger partial charge in [0.2, 0.25) is 0 Å². The van der Waals surface area contributed by atoms with Gasteiger partial charge in [0, 0.05) is 19.7 Å². The molecule has 0 heterocycles. The molecule has 0 fully saturated rings. The van der Waals surface area contributed by atoms with Gasteiger partial charge in [0.25, 0.3) is 0 Å². The minimum Gasteiger partial charge on any atom is -0.493 e. The van der Waals surface area contributed by atoms with E-state index in [9.17, 15) is 30.7 Å². The first kappa shape index (κ1) is 25.3. The molecule has 2 rings (SSSR count). The second-order valence-electron chi connectivity index (χ2n) is 5.92. The summed E-state index contributed by atoms with van der Waals surface area (Å²) >= 11 is 7.90. The van der Waals surface area contributed by atoms with Crippen LogP contribution in [-0.4, -0.2) is 31.5 Å². The average Bonchev–Trinajstić information content (AvgIpc) is 2.66. The van der Waals surface area contributed by atoms with Crippen LogP contribution in [0.4, 0.5) is 30.7 Å². The quantitative estimate of drug-likeness (QED) is 0.131. The number of halogens is 9. The summed E-state index contributed by atoms with van der Waals surface area (Å²) in [6.45, 7) is -0.0762. The number of nitrogens with one attached hydrogen (secondary N) is 1. The summed E-state index contributed by atoms with van der Waals surface area (Å²) in [5.74, 6) is -6.21. The van der Waals surface area contributed by atoms with Gasteiger partial charge in [-0.3, -0.25) is 0 Å². The van der Waals surface area contributed by atoms with E-state index in [1.165, 1.54) is 19.2 Å². The van der Waals surface area contributed by atoms with Gasteiger partial charge >= 0.3 is 18.1 Å². The molecule has 0 amide bonds. The lowest BCUT2D eigenvalue weighted by Crippen LogP contribution is -2.58. The van der Waals surface area contributed by atoms with Crippen molar-refractivity contribution in [3.8, 4) is 11.5 Å². The highest BCUT2D eigenvalue weighted by molar-refractivity contribution is 14.1. The number of alkyl halides is 7. The molecule has 0 aromatic heterocycles. The first-order valence-corrected chi connectivity index (χ1v) is 9.62. The van der Waals surface area contributed by atoms with Crippen LogP contribution in [0.2, 0.25) is 5.02 Å². The Morgan fingerprint density at radius 2 is 1.74 bits per heavy atom. The lowest BCUT2D eigenvalue weighted by atomic mass is 10.2. The SMILES string of the molecule is COc1cc(I)cc(/C=N\NC(F)(F)C(F)(F)C(F)(F)F)c1OCc1ccccc1Cl. The molecule has 0 bridgehead atoms. The standard InChI is InChI=1S/C18H13ClF7IN2O2/c1-30-14-7-12(27)6-11(15(14)31-9-10-4-2-3-5-13(10)19)8-28-29-18(25,26)16(20,21)17(22,23)24/h2-8,29H,9H2,1H3/b28-8-. The lowest BCUT2D eigenvalue weighted by Gasteiger charge is -2.27. The van der Waals surface area contributed by atoms with Gasteiger partial charge in [-0.15, -0.1) is 0 Å². The maximum atomic E-state index is 13.4. The fraction of sp³-hybridized carbons (Fsp3) is 0.278. The molecule has 0 radical (unpaired) electrons. The monoisotopic (exact) mass is 584 g/mol. The van der Waals surface area contributed by atoms with E-state index >= 15 is 0 Å². The molecule has 0 saturated carbocycles. The summed E-state index contributed by atoms with van der Waals surface area (Å²) in [5.41, 5.74) is 1.12. The van der Waals surface area contributed by atoms with Gasteiger partial charge in [0.15, 0.2) is 11.5 Å². The van der Waals surface area contributed by atoms with E-state index in [0.29, 0.717) is 25.8 Å². The van der Waals surface area contributed by atoms with E-state index in [4.69, 9.17) is 21.1 Å². The Morgan fingerprint density at radius 1 is 1.10 bits per heavy atom. The van der Waals surface area contributed by atoms with Crippen LogP contribution < -0.4 is 14.9 Å².